The van der Waals surface area contributed by atoms with Gasteiger partial charge in [-0.15, -0.1) is 11.3 Å². The lowest BCUT2D eigenvalue weighted by atomic mass is 9.90. The monoisotopic (exact) mass is 404 g/mol. The molecule has 0 bridgehead atoms. The lowest BCUT2D eigenvalue weighted by Gasteiger charge is -2.33. The minimum atomic E-state index is -0.477. The standard InChI is InChI=1S/C17H29BrN2O2S/c1-12(2)9-17(6,11-19-15(21)22-16(3,4)5)20-10-13-7-8-14(18)23-13/h7-8,12,20H,9-11H2,1-6H3,(H,19,21). The maximum absolute atomic E-state index is 11.9. The van der Waals surface area contributed by atoms with Crippen LogP contribution in [0.15, 0.2) is 15.9 Å². The van der Waals surface area contributed by atoms with E-state index in [-0.39, 0.29) is 11.6 Å². The zero-order valence-electron chi connectivity index (χ0n) is 15.0. The van der Waals surface area contributed by atoms with Gasteiger partial charge < -0.3 is 15.4 Å². The fraction of sp³-hybridized carbons (Fsp3) is 0.706. The lowest BCUT2D eigenvalue weighted by molar-refractivity contribution is 0.0507. The number of rotatable bonds is 7. The van der Waals surface area contributed by atoms with Gasteiger partial charge in [-0.3, -0.25) is 0 Å². The van der Waals surface area contributed by atoms with Crippen LogP contribution in [0.1, 0.15) is 52.8 Å². The second-order valence-electron chi connectivity index (χ2n) is 7.57. The van der Waals surface area contributed by atoms with Crippen molar-refractivity contribution in [3.05, 3.63) is 20.8 Å². The molecule has 2 N–H and O–H groups in total. The van der Waals surface area contributed by atoms with Crippen LogP contribution in [-0.2, 0) is 11.3 Å². The summed E-state index contributed by atoms with van der Waals surface area (Å²) in [6.07, 6.45) is 0.600. The van der Waals surface area contributed by atoms with Crippen LogP contribution in [0.4, 0.5) is 4.79 Å². The number of amides is 1. The topological polar surface area (TPSA) is 50.4 Å². The van der Waals surface area contributed by atoms with E-state index in [1.807, 2.05) is 20.8 Å². The third kappa shape index (κ3) is 8.72. The summed E-state index contributed by atoms with van der Waals surface area (Å²) in [5, 5.41) is 6.49. The molecule has 1 unspecified atom stereocenters. The number of carbonyl (C=O) groups excluding carboxylic acids is 1. The molecule has 6 heteroatoms. The molecule has 132 valence electrons. The predicted octanol–water partition coefficient (Wildman–Crippen LogP) is 4.93. The predicted molar refractivity (Wildman–Crippen MR) is 101 cm³/mol. The Kier molecular flexibility index (Phi) is 7.55. The minimum absolute atomic E-state index is 0.179. The van der Waals surface area contributed by atoms with Gasteiger partial charge in [0.1, 0.15) is 5.60 Å². The quantitative estimate of drug-likeness (QED) is 0.676. The summed E-state index contributed by atoms with van der Waals surface area (Å²) in [7, 11) is 0. The average Bonchev–Trinajstić information content (AvgIpc) is 2.77. The van der Waals surface area contributed by atoms with Crippen LogP contribution in [-0.4, -0.2) is 23.8 Å². The van der Waals surface area contributed by atoms with Crippen molar-refractivity contribution in [2.75, 3.05) is 6.54 Å². The molecule has 1 heterocycles. The Morgan fingerprint density at radius 3 is 2.43 bits per heavy atom. The summed E-state index contributed by atoms with van der Waals surface area (Å²) in [6, 6.07) is 4.17. The van der Waals surface area contributed by atoms with E-state index in [1.54, 1.807) is 11.3 Å². The number of ether oxygens (including phenoxy) is 1. The van der Waals surface area contributed by atoms with Gasteiger partial charge in [-0.05, 0) is 68.1 Å². The Labute approximate surface area is 152 Å². The van der Waals surface area contributed by atoms with E-state index in [4.69, 9.17) is 4.74 Å². The maximum atomic E-state index is 11.9. The number of hydrogen-bond donors (Lipinski definition) is 2. The summed E-state index contributed by atoms with van der Waals surface area (Å²) < 4.78 is 6.45. The first-order valence-electron chi connectivity index (χ1n) is 7.95. The fourth-order valence-corrected chi connectivity index (χ4v) is 3.86. The Morgan fingerprint density at radius 2 is 1.96 bits per heavy atom. The molecule has 0 aliphatic rings. The summed E-state index contributed by atoms with van der Waals surface area (Å²) >= 11 is 5.21. The largest absolute Gasteiger partial charge is 0.444 e. The van der Waals surface area contributed by atoms with Crippen LogP contribution < -0.4 is 10.6 Å². The first-order valence-corrected chi connectivity index (χ1v) is 9.56. The summed E-state index contributed by atoms with van der Waals surface area (Å²) in [6.45, 7) is 13.5. The zero-order valence-corrected chi connectivity index (χ0v) is 17.4. The maximum Gasteiger partial charge on any atom is 0.407 e. The summed E-state index contributed by atoms with van der Waals surface area (Å²) in [5.41, 5.74) is -0.656. The van der Waals surface area contributed by atoms with E-state index in [0.29, 0.717) is 12.5 Å². The molecular weight excluding hydrogens is 376 g/mol. The lowest BCUT2D eigenvalue weighted by Crippen LogP contribution is -2.52. The molecule has 1 aromatic rings. The van der Waals surface area contributed by atoms with Crippen molar-refractivity contribution < 1.29 is 9.53 Å². The van der Waals surface area contributed by atoms with E-state index in [1.165, 1.54) is 4.88 Å². The number of thiophene rings is 1. The Balaban J connectivity index is 2.60. The number of nitrogens with one attached hydrogen (secondary N) is 2. The highest BCUT2D eigenvalue weighted by Gasteiger charge is 2.27. The molecule has 0 aromatic carbocycles. The van der Waals surface area contributed by atoms with Crippen molar-refractivity contribution in [1.82, 2.24) is 10.6 Å². The molecule has 1 amide bonds. The molecular formula is C17H29BrN2O2S. The molecule has 0 saturated heterocycles. The third-order valence-corrected chi connectivity index (χ3v) is 4.82. The number of hydrogen-bond acceptors (Lipinski definition) is 4. The Hall–Kier alpha value is -0.590. The first-order chi connectivity index (χ1) is 10.5. The van der Waals surface area contributed by atoms with Crippen molar-refractivity contribution >= 4 is 33.4 Å². The average molecular weight is 405 g/mol. The fourth-order valence-electron chi connectivity index (χ4n) is 2.44. The Morgan fingerprint density at radius 1 is 1.30 bits per heavy atom. The molecule has 0 radical (unpaired) electrons. The van der Waals surface area contributed by atoms with Crippen LogP contribution in [0.25, 0.3) is 0 Å². The highest BCUT2D eigenvalue weighted by molar-refractivity contribution is 9.11. The molecule has 1 rings (SSSR count). The van der Waals surface area contributed by atoms with Gasteiger partial charge in [-0.25, -0.2) is 4.79 Å². The minimum Gasteiger partial charge on any atom is -0.444 e. The van der Waals surface area contributed by atoms with Gasteiger partial charge in [0.15, 0.2) is 0 Å². The van der Waals surface area contributed by atoms with Crippen LogP contribution in [0, 0.1) is 5.92 Å². The molecule has 1 atom stereocenters. The van der Waals surface area contributed by atoms with Gasteiger partial charge in [-0.2, -0.15) is 0 Å². The van der Waals surface area contributed by atoms with Crippen LogP contribution in [0.5, 0.6) is 0 Å². The molecule has 0 saturated carbocycles. The normalized spacial score (nSPS) is 14.6. The van der Waals surface area contributed by atoms with E-state index in [0.717, 1.165) is 16.8 Å². The van der Waals surface area contributed by atoms with E-state index in [2.05, 4.69) is 59.5 Å². The van der Waals surface area contributed by atoms with Gasteiger partial charge in [0, 0.05) is 23.5 Å². The number of alkyl carbamates (subject to hydrolysis) is 1. The third-order valence-electron chi connectivity index (χ3n) is 3.20. The number of carbonyl (C=O) groups is 1. The van der Waals surface area contributed by atoms with Gasteiger partial charge in [0.25, 0.3) is 0 Å². The van der Waals surface area contributed by atoms with Gasteiger partial charge >= 0.3 is 6.09 Å². The Bertz CT molecular complexity index is 511. The molecule has 0 fully saturated rings. The second-order valence-corrected chi connectivity index (χ2v) is 10.1. The van der Waals surface area contributed by atoms with E-state index >= 15 is 0 Å². The molecule has 4 nitrogen and oxygen atoms in total. The smallest absolute Gasteiger partial charge is 0.407 e. The highest BCUT2D eigenvalue weighted by Crippen LogP contribution is 2.23. The van der Waals surface area contributed by atoms with Crippen molar-refractivity contribution in [3.63, 3.8) is 0 Å². The molecule has 1 aromatic heterocycles. The van der Waals surface area contributed by atoms with Gasteiger partial charge in [-0.1, -0.05) is 13.8 Å². The van der Waals surface area contributed by atoms with E-state index in [9.17, 15) is 4.79 Å². The van der Waals surface area contributed by atoms with Crippen molar-refractivity contribution in [1.29, 1.82) is 0 Å². The van der Waals surface area contributed by atoms with Crippen molar-refractivity contribution in [2.45, 2.75) is 65.6 Å². The van der Waals surface area contributed by atoms with Crippen LogP contribution in [0.3, 0.4) is 0 Å². The van der Waals surface area contributed by atoms with Crippen molar-refractivity contribution in [3.8, 4) is 0 Å². The highest BCUT2D eigenvalue weighted by atomic mass is 79.9. The van der Waals surface area contributed by atoms with Gasteiger partial charge in [0.05, 0.1) is 3.79 Å². The summed E-state index contributed by atoms with van der Waals surface area (Å²) in [4.78, 5) is 13.2. The molecule has 0 aliphatic heterocycles. The van der Waals surface area contributed by atoms with Crippen molar-refractivity contribution in [2.24, 2.45) is 5.92 Å². The van der Waals surface area contributed by atoms with Gasteiger partial charge in [0.2, 0.25) is 0 Å². The zero-order chi connectivity index (χ0) is 17.7. The first kappa shape index (κ1) is 20.5. The molecule has 23 heavy (non-hydrogen) atoms. The van der Waals surface area contributed by atoms with E-state index < -0.39 is 5.60 Å². The SMILES string of the molecule is CC(C)CC(C)(CNC(=O)OC(C)(C)C)NCc1ccc(Br)s1. The molecule has 0 spiro atoms. The van der Waals surface area contributed by atoms with Crippen LogP contribution >= 0.6 is 27.3 Å². The second kappa shape index (κ2) is 8.49. The van der Waals surface area contributed by atoms with Crippen LogP contribution in [0.2, 0.25) is 0 Å². The number of halogens is 1. The summed E-state index contributed by atoms with van der Waals surface area (Å²) in [5.74, 6) is 0.531. The molecule has 0 aliphatic carbocycles.